The van der Waals surface area contributed by atoms with Gasteiger partial charge in [-0.15, -0.1) is 0 Å². The Morgan fingerprint density at radius 1 is 1.31 bits per heavy atom. The molecular formula is C11H21NO4. The maximum absolute atomic E-state index is 11.6. The van der Waals surface area contributed by atoms with Crippen LogP contribution in [0.1, 0.15) is 40.5 Å². The fourth-order valence-electron chi connectivity index (χ4n) is 1.14. The number of carbonyl (C=O) groups is 2. The van der Waals surface area contributed by atoms with Crippen molar-refractivity contribution in [1.82, 2.24) is 0 Å². The molecule has 0 rings (SSSR count). The number of carboxylic acids is 1. The number of hydrogen-bond donors (Lipinski definition) is 2. The molecule has 5 heteroatoms. The molecular weight excluding hydrogens is 210 g/mol. The molecule has 0 aromatic carbocycles. The lowest BCUT2D eigenvalue weighted by Gasteiger charge is -2.22. The molecule has 0 fully saturated rings. The van der Waals surface area contributed by atoms with Crippen molar-refractivity contribution >= 4 is 11.9 Å². The van der Waals surface area contributed by atoms with Crippen molar-refractivity contribution in [1.29, 1.82) is 0 Å². The third-order valence-electron chi connectivity index (χ3n) is 1.90. The molecule has 0 aliphatic rings. The molecule has 0 saturated heterocycles. The van der Waals surface area contributed by atoms with Gasteiger partial charge in [-0.2, -0.15) is 0 Å². The van der Waals surface area contributed by atoms with Gasteiger partial charge in [0, 0.05) is 6.04 Å². The molecule has 2 atom stereocenters. The molecule has 0 radical (unpaired) electrons. The lowest BCUT2D eigenvalue weighted by molar-refractivity contribution is -0.167. The lowest BCUT2D eigenvalue weighted by Crippen LogP contribution is -2.33. The van der Waals surface area contributed by atoms with Crippen LogP contribution in [0, 0.1) is 5.92 Å². The first-order valence-corrected chi connectivity index (χ1v) is 5.34. The topological polar surface area (TPSA) is 89.6 Å². The molecule has 0 aliphatic carbocycles. The Kier molecular flexibility index (Phi) is 5.44. The van der Waals surface area contributed by atoms with E-state index in [0.717, 1.165) is 0 Å². The van der Waals surface area contributed by atoms with Gasteiger partial charge in [-0.1, -0.05) is 0 Å². The maximum atomic E-state index is 11.6. The molecule has 0 spiro atoms. The largest absolute Gasteiger partial charge is 0.481 e. The first kappa shape index (κ1) is 14.9. The highest BCUT2D eigenvalue weighted by molar-refractivity contribution is 5.94. The van der Waals surface area contributed by atoms with Crippen molar-refractivity contribution in [2.45, 2.75) is 52.2 Å². The second-order valence-corrected chi connectivity index (χ2v) is 4.98. The normalized spacial score (nSPS) is 15.3. The van der Waals surface area contributed by atoms with Crippen LogP contribution in [0.3, 0.4) is 0 Å². The zero-order valence-electron chi connectivity index (χ0n) is 10.3. The molecule has 0 bridgehead atoms. The van der Waals surface area contributed by atoms with Crippen molar-refractivity contribution in [2.75, 3.05) is 0 Å². The second-order valence-electron chi connectivity index (χ2n) is 4.98. The predicted molar refractivity (Wildman–Crippen MR) is 59.9 cm³/mol. The Labute approximate surface area is 96.0 Å². The van der Waals surface area contributed by atoms with E-state index in [1.807, 2.05) is 0 Å². The number of hydrogen-bond acceptors (Lipinski definition) is 4. The summed E-state index contributed by atoms with van der Waals surface area (Å²) in [7, 11) is 0. The van der Waals surface area contributed by atoms with E-state index in [1.54, 1.807) is 27.7 Å². The Morgan fingerprint density at radius 3 is 2.12 bits per heavy atom. The van der Waals surface area contributed by atoms with Gasteiger partial charge in [-0.25, -0.2) is 0 Å². The Bertz CT molecular complexity index is 255. The molecule has 0 heterocycles. The Morgan fingerprint density at radius 2 is 1.81 bits per heavy atom. The predicted octanol–water partition coefficient (Wildman–Crippen LogP) is 1.16. The number of rotatable bonds is 5. The van der Waals surface area contributed by atoms with Gasteiger partial charge in [0.25, 0.3) is 0 Å². The van der Waals surface area contributed by atoms with E-state index in [2.05, 4.69) is 0 Å². The minimum atomic E-state index is -1.16. The molecule has 5 nitrogen and oxygen atoms in total. The molecule has 2 unspecified atom stereocenters. The van der Waals surface area contributed by atoms with E-state index in [1.165, 1.54) is 0 Å². The average molecular weight is 231 g/mol. The second kappa shape index (κ2) is 5.84. The minimum Gasteiger partial charge on any atom is -0.481 e. The van der Waals surface area contributed by atoms with Crippen molar-refractivity contribution in [3.05, 3.63) is 0 Å². The zero-order valence-corrected chi connectivity index (χ0v) is 10.3. The summed E-state index contributed by atoms with van der Waals surface area (Å²) in [6.45, 7) is 6.88. The van der Waals surface area contributed by atoms with Crippen molar-refractivity contribution in [3.8, 4) is 0 Å². The van der Waals surface area contributed by atoms with Gasteiger partial charge in [0.1, 0.15) is 5.60 Å². The molecule has 0 aliphatic heterocycles. The van der Waals surface area contributed by atoms with E-state index in [0.29, 0.717) is 6.42 Å². The molecule has 0 amide bonds. The van der Waals surface area contributed by atoms with Crippen molar-refractivity contribution < 1.29 is 19.4 Å². The van der Waals surface area contributed by atoms with Crippen LogP contribution in [0.4, 0.5) is 0 Å². The quantitative estimate of drug-likeness (QED) is 0.547. The number of esters is 1. The van der Waals surface area contributed by atoms with E-state index in [4.69, 9.17) is 15.6 Å². The van der Waals surface area contributed by atoms with Crippen LogP contribution < -0.4 is 5.73 Å². The fourth-order valence-corrected chi connectivity index (χ4v) is 1.14. The fraction of sp³-hybridized carbons (Fsp3) is 0.818. The van der Waals surface area contributed by atoms with Gasteiger partial charge in [0.05, 0.1) is 0 Å². The minimum absolute atomic E-state index is 0.121. The van der Waals surface area contributed by atoms with Crippen LogP contribution in [-0.2, 0) is 14.3 Å². The molecule has 16 heavy (non-hydrogen) atoms. The van der Waals surface area contributed by atoms with Crippen LogP contribution in [0.25, 0.3) is 0 Å². The van der Waals surface area contributed by atoms with Crippen LogP contribution in [0.5, 0.6) is 0 Å². The van der Waals surface area contributed by atoms with Crippen LogP contribution in [0.2, 0.25) is 0 Å². The summed E-state index contributed by atoms with van der Waals surface area (Å²) in [5.74, 6) is -2.97. The van der Waals surface area contributed by atoms with Gasteiger partial charge in [0.15, 0.2) is 5.92 Å². The number of ether oxygens (including phenoxy) is 1. The third kappa shape index (κ3) is 6.40. The van der Waals surface area contributed by atoms with Crippen molar-refractivity contribution in [2.24, 2.45) is 11.7 Å². The van der Waals surface area contributed by atoms with Gasteiger partial charge in [-0.05, 0) is 40.5 Å². The van der Waals surface area contributed by atoms with Crippen molar-refractivity contribution in [3.63, 3.8) is 0 Å². The molecule has 94 valence electrons. The summed E-state index contributed by atoms with van der Waals surface area (Å²) in [5.41, 5.74) is 4.86. The number of nitrogens with two attached hydrogens (primary N) is 1. The zero-order chi connectivity index (χ0) is 12.9. The van der Waals surface area contributed by atoms with Crippen LogP contribution in [-0.4, -0.2) is 28.7 Å². The summed E-state index contributed by atoms with van der Waals surface area (Å²) in [4.78, 5) is 22.5. The van der Waals surface area contributed by atoms with Gasteiger partial charge >= 0.3 is 11.9 Å². The number of aliphatic carboxylic acids is 1. The van der Waals surface area contributed by atoms with Gasteiger partial charge in [-0.3, -0.25) is 9.59 Å². The first-order chi connectivity index (χ1) is 7.13. The van der Waals surface area contributed by atoms with E-state index < -0.39 is 23.5 Å². The highest BCUT2D eigenvalue weighted by Gasteiger charge is 2.30. The number of carboxylic acid groups (broad SMARTS) is 1. The smallest absolute Gasteiger partial charge is 0.320 e. The summed E-state index contributed by atoms with van der Waals surface area (Å²) in [5, 5.41) is 8.91. The molecule has 3 N–H and O–H groups in total. The maximum Gasteiger partial charge on any atom is 0.320 e. The summed E-state index contributed by atoms with van der Waals surface area (Å²) in [6.07, 6.45) is 0.693. The highest BCUT2D eigenvalue weighted by atomic mass is 16.6. The van der Waals surface area contributed by atoms with Gasteiger partial charge < -0.3 is 15.6 Å². The van der Waals surface area contributed by atoms with E-state index >= 15 is 0 Å². The molecule has 0 aromatic heterocycles. The van der Waals surface area contributed by atoms with E-state index in [9.17, 15) is 9.59 Å². The van der Waals surface area contributed by atoms with E-state index in [-0.39, 0.29) is 12.5 Å². The highest BCUT2D eigenvalue weighted by Crippen LogP contribution is 2.16. The summed E-state index contributed by atoms with van der Waals surface area (Å²) in [6, 6.07) is -0.121. The number of carbonyl (C=O) groups excluding carboxylic acids is 1. The first-order valence-electron chi connectivity index (χ1n) is 5.34. The summed E-state index contributed by atoms with van der Waals surface area (Å²) >= 11 is 0. The Balaban J connectivity index is 4.42. The lowest BCUT2D eigenvalue weighted by atomic mass is 10.0. The average Bonchev–Trinajstić information content (AvgIpc) is 1.98. The van der Waals surface area contributed by atoms with Crippen LogP contribution in [0.15, 0.2) is 0 Å². The Hall–Kier alpha value is -1.10. The van der Waals surface area contributed by atoms with Gasteiger partial charge in [0.2, 0.25) is 0 Å². The molecule has 0 saturated carbocycles. The molecule has 0 aromatic rings. The standard InChI is InChI=1S/C11H21NO4/c1-7(12)5-6-8(9(13)14)10(15)16-11(2,3)4/h7-8H,5-6,12H2,1-4H3,(H,13,14). The summed E-state index contributed by atoms with van der Waals surface area (Å²) < 4.78 is 5.03. The van der Waals surface area contributed by atoms with Crippen LogP contribution >= 0.6 is 0 Å². The third-order valence-corrected chi connectivity index (χ3v) is 1.90. The monoisotopic (exact) mass is 231 g/mol. The SMILES string of the molecule is CC(N)CCC(C(=O)O)C(=O)OC(C)(C)C.